The summed E-state index contributed by atoms with van der Waals surface area (Å²) in [4.78, 5) is 37.2. The van der Waals surface area contributed by atoms with E-state index in [-0.39, 0.29) is 24.6 Å². The lowest BCUT2D eigenvalue weighted by molar-refractivity contribution is -0.385. The molecule has 0 unspecified atom stereocenters. The molecule has 3 rings (SSSR count). The molecule has 0 aliphatic rings. The highest BCUT2D eigenvalue weighted by molar-refractivity contribution is 6.35. The molecule has 0 fully saturated rings. The summed E-state index contributed by atoms with van der Waals surface area (Å²) in [6.07, 6.45) is 0. The van der Waals surface area contributed by atoms with Crippen molar-refractivity contribution < 1.29 is 24.0 Å². The molecule has 0 saturated carbocycles. The molecule has 0 radical (unpaired) electrons. The number of hydrogen-bond acceptors (Lipinski definition) is 6. The maximum atomic E-state index is 13.2. The summed E-state index contributed by atoms with van der Waals surface area (Å²) in [7, 11) is 0. The summed E-state index contributed by atoms with van der Waals surface area (Å²) in [5.41, 5.74) is 1.18. The highest BCUT2D eigenvalue weighted by Gasteiger charge is 2.21. The molecule has 0 aliphatic carbocycles. The molecule has 10 heteroatoms. The summed E-state index contributed by atoms with van der Waals surface area (Å²) in [5.74, 6) is -0.983. The van der Waals surface area contributed by atoms with Gasteiger partial charge in [0, 0.05) is 21.8 Å². The Kier molecular flexibility index (Phi) is 8.45. The Labute approximate surface area is 205 Å². The zero-order valence-corrected chi connectivity index (χ0v) is 19.6. The number of amides is 1. The first-order valence-electron chi connectivity index (χ1n) is 10.2. The molecule has 0 saturated heterocycles. The highest BCUT2D eigenvalue weighted by atomic mass is 35.5. The smallest absolute Gasteiger partial charge is 0.338 e. The second-order valence-corrected chi connectivity index (χ2v) is 7.84. The number of para-hydroxylation sites is 2. The second-order valence-electron chi connectivity index (χ2n) is 7.00. The Morgan fingerprint density at radius 1 is 1.03 bits per heavy atom. The minimum absolute atomic E-state index is 0.0250. The maximum Gasteiger partial charge on any atom is 0.338 e. The van der Waals surface area contributed by atoms with Crippen LogP contribution in [0.1, 0.15) is 22.8 Å². The number of nitro groups is 1. The third kappa shape index (κ3) is 6.24. The molecule has 3 aromatic carbocycles. The van der Waals surface area contributed by atoms with Crippen LogP contribution in [0.5, 0.6) is 5.75 Å². The summed E-state index contributed by atoms with van der Waals surface area (Å²) in [5, 5.41) is 12.0. The number of ether oxygens (including phenoxy) is 2. The van der Waals surface area contributed by atoms with Crippen LogP contribution in [-0.4, -0.2) is 30.0 Å². The monoisotopic (exact) mass is 502 g/mol. The van der Waals surface area contributed by atoms with Crippen molar-refractivity contribution >= 4 is 46.5 Å². The average molecular weight is 503 g/mol. The number of hydrogen-bond donors (Lipinski definition) is 0. The molecule has 1 amide bonds. The van der Waals surface area contributed by atoms with Gasteiger partial charge in [-0.1, -0.05) is 41.4 Å². The van der Waals surface area contributed by atoms with Gasteiger partial charge in [0.2, 0.25) is 0 Å². The topological polar surface area (TPSA) is 99.0 Å². The molecule has 8 nitrogen and oxygen atoms in total. The first-order chi connectivity index (χ1) is 16.3. The van der Waals surface area contributed by atoms with Gasteiger partial charge in [-0.2, -0.15) is 0 Å². The molecule has 176 valence electrons. The van der Waals surface area contributed by atoms with Gasteiger partial charge in [0.15, 0.2) is 12.4 Å². The molecule has 3 aromatic rings. The second kappa shape index (κ2) is 11.5. The van der Waals surface area contributed by atoms with Crippen molar-refractivity contribution in [2.75, 3.05) is 18.1 Å². The Bertz CT molecular complexity index is 1200. The van der Waals surface area contributed by atoms with Gasteiger partial charge in [-0.15, -0.1) is 0 Å². The molecular formula is C24H20Cl2N2O6. The van der Waals surface area contributed by atoms with Crippen LogP contribution in [-0.2, 0) is 16.1 Å². The molecule has 0 atom stereocenters. The van der Waals surface area contributed by atoms with Crippen molar-refractivity contribution in [2.24, 2.45) is 0 Å². The summed E-state index contributed by atoms with van der Waals surface area (Å²) in [6, 6.07) is 17.0. The maximum absolute atomic E-state index is 13.2. The van der Waals surface area contributed by atoms with Crippen LogP contribution in [0.2, 0.25) is 10.0 Å². The fourth-order valence-corrected chi connectivity index (χ4v) is 3.55. The number of anilines is 1. The quantitative estimate of drug-likeness (QED) is 0.211. The fourth-order valence-electron chi connectivity index (χ4n) is 3.08. The lowest BCUT2D eigenvalue weighted by atomic mass is 10.1. The molecule has 0 aromatic heterocycles. The zero-order valence-electron chi connectivity index (χ0n) is 18.1. The normalized spacial score (nSPS) is 10.4. The average Bonchev–Trinajstić information content (AvgIpc) is 2.82. The largest absolute Gasteiger partial charge is 0.477 e. The van der Waals surface area contributed by atoms with Crippen LogP contribution in [0, 0.1) is 10.1 Å². The van der Waals surface area contributed by atoms with E-state index in [0.29, 0.717) is 26.9 Å². The first-order valence-corrected chi connectivity index (χ1v) is 10.9. The molecule has 0 bridgehead atoms. The van der Waals surface area contributed by atoms with Crippen LogP contribution in [0.4, 0.5) is 11.4 Å². The van der Waals surface area contributed by atoms with Crippen molar-refractivity contribution in [2.45, 2.75) is 13.5 Å². The van der Waals surface area contributed by atoms with Crippen molar-refractivity contribution in [3.63, 3.8) is 0 Å². The van der Waals surface area contributed by atoms with E-state index >= 15 is 0 Å². The van der Waals surface area contributed by atoms with Gasteiger partial charge in [0.25, 0.3) is 5.91 Å². The molecular weight excluding hydrogens is 483 g/mol. The predicted octanol–water partition coefficient (Wildman–Crippen LogP) is 5.69. The van der Waals surface area contributed by atoms with Crippen molar-refractivity contribution in [1.29, 1.82) is 0 Å². The van der Waals surface area contributed by atoms with Gasteiger partial charge >= 0.3 is 11.7 Å². The van der Waals surface area contributed by atoms with E-state index < -0.39 is 23.4 Å². The van der Waals surface area contributed by atoms with Gasteiger partial charge in [-0.25, -0.2) is 4.79 Å². The standard InChI is InChI=1S/C24H20Cl2N2O6/c1-2-33-24(30)16-8-11-19(12-9-16)27(14-17-7-10-18(25)13-20(17)26)23(29)15-34-22-6-4-3-5-21(22)28(31)32/h3-13H,2,14-15H2,1H3. The lowest BCUT2D eigenvalue weighted by Crippen LogP contribution is -2.34. The van der Waals surface area contributed by atoms with Crippen LogP contribution in [0.25, 0.3) is 0 Å². The Hall–Kier alpha value is -3.62. The number of benzene rings is 3. The SMILES string of the molecule is CCOC(=O)c1ccc(N(Cc2ccc(Cl)cc2Cl)C(=O)COc2ccccc2[N+](=O)[O-])cc1. The summed E-state index contributed by atoms with van der Waals surface area (Å²) in [6.45, 7) is 1.56. The lowest BCUT2D eigenvalue weighted by Gasteiger charge is -2.24. The van der Waals surface area contributed by atoms with Crippen LogP contribution < -0.4 is 9.64 Å². The first kappa shape index (κ1) is 25.0. The van der Waals surface area contributed by atoms with Gasteiger partial charge in [0.1, 0.15) is 0 Å². The number of halogens is 2. The van der Waals surface area contributed by atoms with E-state index in [1.54, 1.807) is 55.5 Å². The minimum Gasteiger partial charge on any atom is -0.477 e. The molecule has 0 aliphatic heterocycles. The van der Waals surface area contributed by atoms with Gasteiger partial charge in [-0.3, -0.25) is 14.9 Å². The van der Waals surface area contributed by atoms with E-state index in [1.165, 1.54) is 23.1 Å². The molecule has 34 heavy (non-hydrogen) atoms. The van der Waals surface area contributed by atoms with Gasteiger partial charge < -0.3 is 14.4 Å². The Morgan fingerprint density at radius 2 is 1.74 bits per heavy atom. The van der Waals surface area contributed by atoms with Crippen molar-refractivity contribution in [3.05, 3.63) is 98.0 Å². The molecule has 0 N–H and O–H groups in total. The van der Waals surface area contributed by atoms with E-state index in [4.69, 9.17) is 32.7 Å². The third-order valence-corrected chi connectivity index (χ3v) is 5.33. The zero-order chi connectivity index (χ0) is 24.7. The number of esters is 1. The van der Waals surface area contributed by atoms with Crippen LogP contribution >= 0.6 is 23.2 Å². The molecule has 0 heterocycles. The fraction of sp³-hybridized carbons (Fsp3) is 0.167. The Balaban J connectivity index is 1.87. The minimum atomic E-state index is -0.584. The van der Waals surface area contributed by atoms with Crippen LogP contribution in [0.3, 0.4) is 0 Å². The number of carbonyl (C=O) groups excluding carboxylic acids is 2. The number of carbonyl (C=O) groups is 2. The third-order valence-electron chi connectivity index (χ3n) is 4.75. The van der Waals surface area contributed by atoms with Gasteiger partial charge in [-0.05, 0) is 55.0 Å². The van der Waals surface area contributed by atoms with Crippen molar-refractivity contribution in [3.8, 4) is 5.75 Å². The van der Waals surface area contributed by atoms with Crippen LogP contribution in [0.15, 0.2) is 66.7 Å². The number of nitro benzene ring substituents is 1. The summed E-state index contributed by atoms with van der Waals surface area (Å²) >= 11 is 12.3. The number of rotatable bonds is 9. The van der Waals surface area contributed by atoms with Gasteiger partial charge in [0.05, 0.1) is 23.6 Å². The molecule has 0 spiro atoms. The highest BCUT2D eigenvalue weighted by Crippen LogP contribution is 2.28. The van der Waals surface area contributed by atoms with E-state index in [2.05, 4.69) is 0 Å². The van der Waals surface area contributed by atoms with E-state index in [9.17, 15) is 19.7 Å². The van der Waals surface area contributed by atoms with Crippen molar-refractivity contribution in [1.82, 2.24) is 0 Å². The summed E-state index contributed by atoms with van der Waals surface area (Å²) < 4.78 is 10.5. The predicted molar refractivity (Wildman–Crippen MR) is 129 cm³/mol. The van der Waals surface area contributed by atoms with E-state index in [0.717, 1.165) is 0 Å². The van der Waals surface area contributed by atoms with E-state index in [1.807, 2.05) is 0 Å². The Morgan fingerprint density at radius 3 is 2.38 bits per heavy atom. The number of nitrogens with zero attached hydrogens (tertiary/aromatic N) is 2.